The fourth-order valence-electron chi connectivity index (χ4n) is 4.29. The molecule has 2 unspecified atom stereocenters. The van der Waals surface area contributed by atoms with E-state index < -0.39 is 53.8 Å². The Balaban J connectivity index is 2.05. The topological polar surface area (TPSA) is 233 Å². The first kappa shape index (κ1) is 29.9. The fraction of sp³-hybridized carbons (Fsp3) is 0.727. The highest BCUT2D eigenvalue weighted by Crippen LogP contribution is 2.21. The van der Waals surface area contributed by atoms with Gasteiger partial charge in [-0.3, -0.25) is 19.5 Å². The summed E-state index contributed by atoms with van der Waals surface area (Å²) in [6, 6.07) is -2.06. The maximum absolute atomic E-state index is 11.3. The quantitative estimate of drug-likeness (QED) is 0.0855. The monoisotopic (exact) mass is 529 g/mol. The van der Waals surface area contributed by atoms with Crippen LogP contribution in [0, 0.1) is 0 Å². The van der Waals surface area contributed by atoms with Gasteiger partial charge in [-0.2, -0.15) is 0 Å². The van der Waals surface area contributed by atoms with Crippen molar-refractivity contribution >= 4 is 35.5 Å². The predicted molar refractivity (Wildman–Crippen MR) is 129 cm³/mol. The Labute approximate surface area is 213 Å². The van der Waals surface area contributed by atoms with Gasteiger partial charge in [0.25, 0.3) is 5.96 Å². The normalized spacial score (nSPS) is 25.8. The van der Waals surface area contributed by atoms with Gasteiger partial charge in [0.2, 0.25) is 17.5 Å². The molecular weight excluding hydrogens is 492 g/mol. The summed E-state index contributed by atoms with van der Waals surface area (Å²) in [5.41, 5.74) is -1.74. The summed E-state index contributed by atoms with van der Waals surface area (Å²) in [6.07, 6.45) is -1.00. The number of β-amino-alcohol motifs (C(OH)–C–C–N with tert-alkyl or cyclic N) is 1. The number of carbonyl (C=O) groups excluding carboxylic acids is 2. The zero-order valence-corrected chi connectivity index (χ0v) is 20.9. The molecule has 15 nitrogen and oxygen atoms in total. The fourth-order valence-corrected chi connectivity index (χ4v) is 4.29. The second kappa shape index (κ2) is 13.3. The van der Waals surface area contributed by atoms with E-state index in [1.807, 2.05) is 0 Å². The number of amides is 2. The van der Waals surface area contributed by atoms with Crippen molar-refractivity contribution in [2.24, 2.45) is 4.99 Å². The largest absolute Gasteiger partial charge is 0.480 e. The molecule has 1 fully saturated rings. The van der Waals surface area contributed by atoms with Crippen molar-refractivity contribution < 1.29 is 49.3 Å². The standard InChI is InChI=1S/C22H36N6O9/c1-12(29)24-14(18(33)34)6-3-4-9-28-11-17(32)16(31)10-22(37)20(28)26-21(27-22)23-8-5-7-15(19(35)36)25-13(2)30/h14-17,31-32,37H,3-11H2,1-2H3,(H5,23,24,25,27,29,30,33,34,35,36)/p+1/t14-,15?,16+,17+,22?/m0/s1. The van der Waals surface area contributed by atoms with Gasteiger partial charge in [0.1, 0.15) is 24.7 Å². The highest BCUT2D eigenvalue weighted by Gasteiger charge is 2.53. The number of carbonyl (C=O) groups is 4. The molecule has 2 aliphatic heterocycles. The van der Waals surface area contributed by atoms with E-state index in [0.29, 0.717) is 25.8 Å². The predicted octanol–water partition coefficient (Wildman–Crippen LogP) is -3.11. The first-order valence-corrected chi connectivity index (χ1v) is 12.1. The number of aliphatic hydroxyl groups is 3. The number of aliphatic carboxylic acids is 2. The molecule has 0 radical (unpaired) electrons. The second-order valence-electron chi connectivity index (χ2n) is 9.29. The van der Waals surface area contributed by atoms with E-state index in [1.54, 1.807) is 4.58 Å². The highest BCUT2D eigenvalue weighted by molar-refractivity contribution is 6.08. The van der Waals surface area contributed by atoms with Crippen LogP contribution in [0.3, 0.4) is 0 Å². The van der Waals surface area contributed by atoms with E-state index in [2.05, 4.69) is 26.3 Å². The van der Waals surface area contributed by atoms with E-state index in [1.165, 1.54) is 13.8 Å². The van der Waals surface area contributed by atoms with Gasteiger partial charge in [-0.1, -0.05) is 0 Å². The summed E-state index contributed by atoms with van der Waals surface area (Å²) in [5, 5.41) is 60.7. The van der Waals surface area contributed by atoms with Crippen molar-refractivity contribution in [2.75, 3.05) is 19.6 Å². The van der Waals surface area contributed by atoms with Crippen molar-refractivity contribution in [3.63, 3.8) is 0 Å². The minimum absolute atomic E-state index is 0.00579. The molecule has 208 valence electrons. The minimum atomic E-state index is -1.74. The van der Waals surface area contributed by atoms with Crippen LogP contribution in [-0.4, -0.2) is 115 Å². The lowest BCUT2D eigenvalue weighted by Crippen LogP contribution is -2.51. The number of unbranched alkanes of at least 4 members (excludes halogenated alkanes) is 1. The van der Waals surface area contributed by atoms with Crippen LogP contribution in [0.2, 0.25) is 0 Å². The van der Waals surface area contributed by atoms with E-state index in [-0.39, 0.29) is 44.1 Å². The Morgan fingerprint density at radius 3 is 2.11 bits per heavy atom. The Hall–Kier alpha value is -3.30. The lowest BCUT2D eigenvalue weighted by atomic mass is 10.0. The number of fused-ring (bicyclic) bond motifs is 1. The lowest BCUT2D eigenvalue weighted by molar-refractivity contribution is -0.541. The number of nitrogens with zero attached hydrogens (tertiary/aromatic N) is 2. The van der Waals surface area contributed by atoms with Crippen LogP contribution in [0.25, 0.3) is 0 Å². The zero-order valence-electron chi connectivity index (χ0n) is 20.9. The molecule has 2 rings (SSSR count). The Morgan fingerprint density at radius 2 is 1.57 bits per heavy atom. The summed E-state index contributed by atoms with van der Waals surface area (Å²) < 4.78 is 1.65. The lowest BCUT2D eigenvalue weighted by Gasteiger charge is -2.21. The van der Waals surface area contributed by atoms with Gasteiger partial charge in [-0.15, -0.1) is 0 Å². The molecule has 5 atom stereocenters. The van der Waals surface area contributed by atoms with Crippen LogP contribution in [0.4, 0.5) is 0 Å². The average Bonchev–Trinajstić information content (AvgIpc) is 3.07. The number of guanidine groups is 1. The van der Waals surface area contributed by atoms with Crippen LogP contribution >= 0.6 is 0 Å². The Kier molecular flexibility index (Phi) is 10.8. The molecule has 0 aromatic heterocycles. The van der Waals surface area contributed by atoms with Crippen molar-refractivity contribution in [1.29, 1.82) is 0 Å². The zero-order chi connectivity index (χ0) is 27.8. The molecule has 0 aliphatic carbocycles. The molecule has 9 N–H and O–H groups in total. The molecule has 0 aromatic rings. The number of carboxylic acids is 2. The molecule has 0 aromatic carbocycles. The summed E-state index contributed by atoms with van der Waals surface area (Å²) in [4.78, 5) is 49.2. The van der Waals surface area contributed by atoms with E-state index >= 15 is 0 Å². The average molecular weight is 530 g/mol. The van der Waals surface area contributed by atoms with Crippen molar-refractivity contribution in [3.05, 3.63) is 0 Å². The maximum atomic E-state index is 11.3. The first-order valence-electron chi connectivity index (χ1n) is 12.1. The van der Waals surface area contributed by atoms with E-state index in [4.69, 9.17) is 0 Å². The Bertz CT molecular complexity index is 940. The molecule has 15 heteroatoms. The smallest absolute Gasteiger partial charge is 0.326 e. The molecule has 0 bridgehead atoms. The molecule has 0 saturated carbocycles. The van der Waals surface area contributed by atoms with E-state index in [9.17, 15) is 44.7 Å². The van der Waals surface area contributed by atoms with Crippen LogP contribution in [0.5, 0.6) is 0 Å². The number of aliphatic imine (C=N–C) groups is 1. The number of nitrogens with one attached hydrogen (secondary N) is 4. The Morgan fingerprint density at radius 1 is 1.00 bits per heavy atom. The van der Waals surface area contributed by atoms with Crippen molar-refractivity contribution in [1.82, 2.24) is 21.3 Å². The first-order chi connectivity index (χ1) is 17.3. The van der Waals surface area contributed by atoms with Gasteiger partial charge in [-0.25, -0.2) is 19.9 Å². The van der Waals surface area contributed by atoms with Gasteiger partial charge in [-0.05, 0) is 32.1 Å². The number of aliphatic hydroxyl groups excluding tert-OH is 2. The maximum Gasteiger partial charge on any atom is 0.326 e. The van der Waals surface area contributed by atoms with Gasteiger partial charge in [0.05, 0.1) is 12.6 Å². The number of hydrogen-bond donors (Lipinski definition) is 9. The third kappa shape index (κ3) is 8.94. The third-order valence-corrected chi connectivity index (χ3v) is 6.07. The number of hydrogen-bond acceptors (Lipinski definition) is 8. The summed E-state index contributed by atoms with van der Waals surface area (Å²) >= 11 is 0. The SMILES string of the molecule is CC(=O)NC(CCCN=C1NC2=[N+](CCCC[C@H](NC(C)=O)C(=O)O)C[C@@H](O)[C@H](O)CC2(O)N1)C(=O)O. The number of carboxylic acid groups (broad SMARTS) is 2. The minimum Gasteiger partial charge on any atom is -0.480 e. The third-order valence-electron chi connectivity index (χ3n) is 6.07. The van der Waals surface area contributed by atoms with E-state index in [0.717, 1.165) is 0 Å². The molecule has 1 saturated heterocycles. The van der Waals surface area contributed by atoms with Gasteiger partial charge in [0.15, 0.2) is 0 Å². The summed E-state index contributed by atoms with van der Waals surface area (Å²) in [7, 11) is 0. The van der Waals surface area contributed by atoms with Crippen LogP contribution in [-0.2, 0) is 19.2 Å². The van der Waals surface area contributed by atoms with Gasteiger partial charge >= 0.3 is 17.8 Å². The second-order valence-corrected chi connectivity index (χ2v) is 9.29. The molecule has 37 heavy (non-hydrogen) atoms. The molecule has 0 spiro atoms. The summed E-state index contributed by atoms with van der Waals surface area (Å²) in [5.74, 6) is -2.71. The molecule has 2 heterocycles. The highest BCUT2D eigenvalue weighted by atomic mass is 16.4. The molecule has 2 aliphatic rings. The van der Waals surface area contributed by atoms with Gasteiger partial charge in [0, 0.05) is 26.8 Å². The number of rotatable bonds is 13. The summed E-state index contributed by atoms with van der Waals surface area (Å²) in [6.45, 7) is 2.98. The van der Waals surface area contributed by atoms with Crippen LogP contribution < -0.4 is 21.3 Å². The molecule has 2 amide bonds. The molecular formula is C22H37N6O9+. The van der Waals surface area contributed by atoms with Crippen molar-refractivity contribution in [3.8, 4) is 0 Å². The van der Waals surface area contributed by atoms with Gasteiger partial charge < -0.3 is 36.2 Å². The van der Waals surface area contributed by atoms with Crippen LogP contribution in [0.1, 0.15) is 52.4 Å². The van der Waals surface area contributed by atoms with Crippen molar-refractivity contribution in [2.45, 2.75) is 82.4 Å². The van der Waals surface area contributed by atoms with Crippen LogP contribution in [0.15, 0.2) is 4.99 Å². The number of amidine groups is 1.